The maximum atomic E-state index is 2.50. The van der Waals surface area contributed by atoms with Crippen molar-refractivity contribution in [2.75, 3.05) is 11.9 Å². The highest BCUT2D eigenvalue weighted by molar-refractivity contribution is 5.64. The molecule has 2 aliphatic rings. The second-order valence-corrected chi connectivity index (χ2v) is 7.89. The lowest BCUT2D eigenvalue weighted by Gasteiger charge is -2.26. The van der Waals surface area contributed by atoms with Crippen molar-refractivity contribution in [1.29, 1.82) is 0 Å². The zero-order valence-corrected chi connectivity index (χ0v) is 14.6. The molecule has 5 atom stereocenters. The molecule has 1 aliphatic heterocycles. The van der Waals surface area contributed by atoms with Crippen LogP contribution in [-0.2, 0) is 12.8 Å². The molecule has 0 amide bonds. The molecular formula is C20H31N. The van der Waals surface area contributed by atoms with Gasteiger partial charge in [0.25, 0.3) is 0 Å². The van der Waals surface area contributed by atoms with Crippen LogP contribution in [0.4, 0.5) is 5.69 Å². The van der Waals surface area contributed by atoms with E-state index in [1.165, 1.54) is 18.5 Å². The Labute approximate surface area is 130 Å². The van der Waals surface area contributed by atoms with Crippen molar-refractivity contribution in [3.05, 3.63) is 29.3 Å². The quantitative estimate of drug-likeness (QED) is 0.755. The van der Waals surface area contributed by atoms with Crippen LogP contribution in [0.5, 0.6) is 0 Å². The van der Waals surface area contributed by atoms with E-state index in [0.29, 0.717) is 6.04 Å². The van der Waals surface area contributed by atoms with Crippen molar-refractivity contribution in [2.45, 2.75) is 53.5 Å². The minimum Gasteiger partial charge on any atom is -0.371 e. The molecule has 1 fully saturated rings. The minimum atomic E-state index is 0.650. The van der Waals surface area contributed by atoms with Crippen LogP contribution >= 0.6 is 0 Å². The van der Waals surface area contributed by atoms with E-state index < -0.39 is 0 Å². The normalized spacial score (nSPS) is 38.9. The van der Waals surface area contributed by atoms with Gasteiger partial charge in [-0.05, 0) is 60.5 Å². The standard InChI is InChI=1S/C20H31N/c1-12-10-17-8-7-9-18(20(17)21(12)6)11-19-15(4)13(2)14(3)16(19)5/h7-9,12-16,19H,10-11H2,1-6H3. The van der Waals surface area contributed by atoms with Gasteiger partial charge in [-0.1, -0.05) is 45.9 Å². The van der Waals surface area contributed by atoms with Crippen LogP contribution in [0.25, 0.3) is 0 Å². The molecule has 1 heteroatoms. The molecule has 0 N–H and O–H groups in total. The van der Waals surface area contributed by atoms with E-state index >= 15 is 0 Å². The highest BCUT2D eigenvalue weighted by atomic mass is 15.2. The monoisotopic (exact) mass is 285 g/mol. The minimum absolute atomic E-state index is 0.650. The Bertz CT molecular complexity index is 507. The number of hydrogen-bond donors (Lipinski definition) is 0. The fourth-order valence-electron chi connectivity index (χ4n) is 4.94. The summed E-state index contributed by atoms with van der Waals surface area (Å²) in [4.78, 5) is 2.50. The maximum absolute atomic E-state index is 2.50. The molecular weight excluding hydrogens is 254 g/mol. The van der Waals surface area contributed by atoms with Crippen LogP contribution in [0.1, 0.15) is 45.7 Å². The van der Waals surface area contributed by atoms with E-state index in [4.69, 9.17) is 0 Å². The van der Waals surface area contributed by atoms with Gasteiger partial charge in [0.1, 0.15) is 0 Å². The molecule has 5 unspecified atom stereocenters. The molecule has 0 bridgehead atoms. The number of anilines is 1. The van der Waals surface area contributed by atoms with Gasteiger partial charge in [-0.15, -0.1) is 0 Å². The summed E-state index contributed by atoms with van der Waals surface area (Å²) in [5, 5.41) is 0. The SMILES string of the molecule is CC1C(C)C(C)C(Cc2cccc3c2N(C)C(C)C3)C1C. The zero-order valence-electron chi connectivity index (χ0n) is 14.6. The highest BCUT2D eigenvalue weighted by Crippen LogP contribution is 2.48. The highest BCUT2D eigenvalue weighted by Gasteiger charge is 2.41. The molecule has 116 valence electrons. The van der Waals surface area contributed by atoms with E-state index in [0.717, 1.165) is 29.6 Å². The largest absolute Gasteiger partial charge is 0.371 e. The molecule has 1 saturated carbocycles. The number of nitrogens with zero attached hydrogens (tertiary/aromatic N) is 1. The van der Waals surface area contributed by atoms with Crippen molar-refractivity contribution < 1.29 is 0 Å². The summed E-state index contributed by atoms with van der Waals surface area (Å²) < 4.78 is 0. The summed E-state index contributed by atoms with van der Waals surface area (Å²) in [5.74, 6) is 4.24. The molecule has 0 spiro atoms. The Kier molecular flexibility index (Phi) is 3.80. The first kappa shape index (κ1) is 14.9. The average Bonchev–Trinajstić information content (AvgIpc) is 2.85. The lowest BCUT2D eigenvalue weighted by molar-refractivity contribution is 0.319. The number of para-hydroxylation sites is 1. The predicted molar refractivity (Wildman–Crippen MR) is 91.9 cm³/mol. The summed E-state index contributed by atoms with van der Waals surface area (Å²) in [7, 11) is 2.27. The maximum Gasteiger partial charge on any atom is 0.0432 e. The second-order valence-electron chi connectivity index (χ2n) is 7.89. The topological polar surface area (TPSA) is 3.24 Å². The third-order valence-electron chi connectivity index (χ3n) is 7.03. The van der Waals surface area contributed by atoms with E-state index in [-0.39, 0.29) is 0 Å². The first-order valence-electron chi connectivity index (χ1n) is 8.75. The first-order chi connectivity index (χ1) is 9.91. The van der Waals surface area contributed by atoms with Crippen molar-refractivity contribution in [2.24, 2.45) is 29.6 Å². The van der Waals surface area contributed by atoms with Crippen molar-refractivity contribution >= 4 is 5.69 Å². The Morgan fingerprint density at radius 1 is 0.952 bits per heavy atom. The molecule has 21 heavy (non-hydrogen) atoms. The zero-order chi connectivity index (χ0) is 15.3. The Morgan fingerprint density at radius 2 is 1.57 bits per heavy atom. The van der Waals surface area contributed by atoms with Gasteiger partial charge in [0.05, 0.1) is 0 Å². The van der Waals surface area contributed by atoms with Gasteiger partial charge in [-0.3, -0.25) is 0 Å². The van der Waals surface area contributed by atoms with E-state index in [1.54, 1.807) is 11.1 Å². The summed E-state index contributed by atoms with van der Waals surface area (Å²) in [6.07, 6.45) is 2.47. The lowest BCUT2D eigenvalue weighted by Crippen LogP contribution is -2.25. The molecule has 0 radical (unpaired) electrons. The first-order valence-corrected chi connectivity index (χ1v) is 8.75. The molecule has 1 aromatic carbocycles. The number of fused-ring (bicyclic) bond motifs is 1. The summed E-state index contributed by atoms with van der Waals surface area (Å²) in [6.45, 7) is 12.2. The molecule has 1 aromatic rings. The molecule has 3 rings (SSSR count). The number of hydrogen-bond acceptors (Lipinski definition) is 1. The predicted octanol–water partition coefficient (Wildman–Crippen LogP) is 4.78. The van der Waals surface area contributed by atoms with Gasteiger partial charge in [-0.2, -0.15) is 0 Å². The van der Waals surface area contributed by atoms with Gasteiger partial charge in [0.15, 0.2) is 0 Å². The van der Waals surface area contributed by atoms with Gasteiger partial charge < -0.3 is 4.90 Å². The summed E-state index contributed by atoms with van der Waals surface area (Å²) in [6, 6.07) is 7.63. The Balaban J connectivity index is 1.89. The van der Waals surface area contributed by atoms with Crippen molar-refractivity contribution in [3.63, 3.8) is 0 Å². The number of rotatable bonds is 2. The van der Waals surface area contributed by atoms with E-state index in [9.17, 15) is 0 Å². The smallest absolute Gasteiger partial charge is 0.0432 e. The van der Waals surface area contributed by atoms with Crippen LogP contribution < -0.4 is 4.90 Å². The number of likely N-dealkylation sites (N-methyl/N-ethyl adjacent to an activating group) is 1. The van der Waals surface area contributed by atoms with Crippen LogP contribution in [0.2, 0.25) is 0 Å². The van der Waals surface area contributed by atoms with Crippen molar-refractivity contribution in [1.82, 2.24) is 0 Å². The third-order valence-corrected chi connectivity index (χ3v) is 7.03. The Hall–Kier alpha value is -0.980. The van der Waals surface area contributed by atoms with Crippen LogP contribution in [-0.4, -0.2) is 13.1 Å². The molecule has 1 aliphatic carbocycles. The van der Waals surface area contributed by atoms with Gasteiger partial charge in [-0.25, -0.2) is 0 Å². The molecule has 1 heterocycles. The van der Waals surface area contributed by atoms with E-state index in [1.807, 2.05) is 0 Å². The molecule has 0 aromatic heterocycles. The number of benzene rings is 1. The summed E-state index contributed by atoms with van der Waals surface area (Å²) in [5.41, 5.74) is 4.68. The van der Waals surface area contributed by atoms with Crippen LogP contribution in [0.3, 0.4) is 0 Å². The average molecular weight is 285 g/mol. The van der Waals surface area contributed by atoms with Crippen LogP contribution in [0.15, 0.2) is 18.2 Å². The summed E-state index contributed by atoms with van der Waals surface area (Å²) >= 11 is 0. The van der Waals surface area contributed by atoms with Gasteiger partial charge in [0.2, 0.25) is 0 Å². The van der Waals surface area contributed by atoms with Crippen LogP contribution in [0, 0.1) is 29.6 Å². The Morgan fingerprint density at radius 3 is 2.19 bits per heavy atom. The van der Waals surface area contributed by atoms with Gasteiger partial charge in [0, 0.05) is 18.8 Å². The molecule has 0 saturated heterocycles. The molecule has 1 nitrogen and oxygen atoms in total. The second kappa shape index (κ2) is 5.34. The third kappa shape index (κ3) is 2.29. The van der Waals surface area contributed by atoms with Crippen molar-refractivity contribution in [3.8, 4) is 0 Å². The van der Waals surface area contributed by atoms with E-state index in [2.05, 4.69) is 64.8 Å². The fraction of sp³-hybridized carbons (Fsp3) is 0.700. The fourth-order valence-corrected chi connectivity index (χ4v) is 4.94. The lowest BCUT2D eigenvalue weighted by atomic mass is 9.83. The van der Waals surface area contributed by atoms with Gasteiger partial charge >= 0.3 is 0 Å².